The average Bonchev–Trinajstić information content (AvgIpc) is 3.54. The minimum atomic E-state index is -0.781. The molecule has 0 radical (unpaired) electrons. The Labute approximate surface area is 211 Å². The molecule has 0 N–H and O–H groups in total. The summed E-state index contributed by atoms with van der Waals surface area (Å²) in [6, 6.07) is 16.0. The molecule has 6 rings (SSSR count). The molecule has 2 aromatic carbocycles. The fraction of sp³-hybridized carbons (Fsp3) is 0.393. The number of hydrogen-bond donors (Lipinski definition) is 0. The number of anilines is 1. The summed E-state index contributed by atoms with van der Waals surface area (Å²) < 4.78 is 8.12. The Bertz CT molecular complexity index is 1320. The summed E-state index contributed by atoms with van der Waals surface area (Å²) in [6.07, 6.45) is 5.09. The van der Waals surface area contributed by atoms with Gasteiger partial charge in [0.15, 0.2) is 0 Å². The van der Waals surface area contributed by atoms with Gasteiger partial charge in [-0.15, -0.1) is 0 Å². The van der Waals surface area contributed by atoms with Gasteiger partial charge in [0.2, 0.25) is 11.8 Å². The zero-order chi connectivity index (χ0) is 24.9. The van der Waals surface area contributed by atoms with Gasteiger partial charge >= 0.3 is 0 Å². The molecule has 0 aliphatic carbocycles. The first-order chi connectivity index (χ1) is 17.5. The zero-order valence-electron chi connectivity index (χ0n) is 20.8. The second-order valence-electron chi connectivity index (χ2n) is 10.1. The van der Waals surface area contributed by atoms with Crippen LogP contribution in [0.2, 0.25) is 0 Å². The number of carbonyl (C=O) groups is 2. The van der Waals surface area contributed by atoms with Gasteiger partial charge in [0.1, 0.15) is 12.3 Å². The normalized spacial score (nSPS) is 24.3. The second kappa shape index (κ2) is 8.78. The summed E-state index contributed by atoms with van der Waals surface area (Å²) >= 11 is 0. The molecule has 4 bridgehead atoms. The van der Waals surface area contributed by atoms with E-state index in [4.69, 9.17) is 4.74 Å². The number of rotatable bonds is 2. The third-order valence-electron chi connectivity index (χ3n) is 8.01. The maximum Gasteiger partial charge on any atom is 0.242 e. The van der Waals surface area contributed by atoms with Crippen LogP contribution in [-0.2, 0) is 28.6 Å². The molecule has 3 aromatic rings. The average molecular weight is 486 g/mol. The van der Waals surface area contributed by atoms with Crippen LogP contribution in [-0.4, -0.2) is 64.5 Å². The van der Waals surface area contributed by atoms with Crippen molar-refractivity contribution in [3.8, 4) is 5.75 Å². The van der Waals surface area contributed by atoms with Crippen molar-refractivity contribution in [3.63, 3.8) is 0 Å². The molecule has 3 aliphatic heterocycles. The lowest BCUT2D eigenvalue weighted by Crippen LogP contribution is -2.47. The number of ether oxygens (including phenoxy) is 1. The number of likely N-dealkylation sites (tertiary alicyclic amines) is 1. The van der Waals surface area contributed by atoms with Crippen LogP contribution in [0.15, 0.2) is 61.1 Å². The van der Waals surface area contributed by atoms with E-state index in [1.54, 1.807) is 16.8 Å². The van der Waals surface area contributed by atoms with Crippen LogP contribution in [0.4, 0.5) is 5.69 Å². The Morgan fingerprint density at radius 1 is 1.08 bits per heavy atom. The van der Waals surface area contributed by atoms with Crippen LogP contribution in [0.25, 0.3) is 0 Å². The molecule has 0 saturated carbocycles. The molecular formula is C28H31N5O3. The highest BCUT2D eigenvalue weighted by atomic mass is 16.5. The van der Waals surface area contributed by atoms with E-state index in [1.165, 1.54) is 0 Å². The summed E-state index contributed by atoms with van der Waals surface area (Å²) in [5, 5.41) is 0. The molecule has 2 atom stereocenters. The van der Waals surface area contributed by atoms with Crippen molar-refractivity contribution in [2.24, 2.45) is 7.05 Å². The van der Waals surface area contributed by atoms with E-state index in [1.807, 2.05) is 54.5 Å². The molecule has 4 heterocycles. The lowest BCUT2D eigenvalue weighted by molar-refractivity contribution is -0.131. The number of carbonyl (C=O) groups excluding carboxylic acids is 2. The lowest BCUT2D eigenvalue weighted by Gasteiger charge is -2.35. The Balaban J connectivity index is 1.53. The third kappa shape index (κ3) is 3.51. The number of nitrogens with zero attached hydrogens (tertiary/aromatic N) is 5. The minimum absolute atomic E-state index is 0.00587. The molecule has 1 aromatic heterocycles. The van der Waals surface area contributed by atoms with Gasteiger partial charge in [-0.05, 0) is 42.2 Å². The van der Waals surface area contributed by atoms with Crippen molar-refractivity contribution in [1.29, 1.82) is 0 Å². The van der Waals surface area contributed by atoms with Crippen molar-refractivity contribution < 1.29 is 14.3 Å². The number of hydrogen-bond acceptors (Lipinski definition) is 5. The monoisotopic (exact) mass is 485 g/mol. The third-order valence-corrected chi connectivity index (χ3v) is 8.01. The summed E-state index contributed by atoms with van der Waals surface area (Å²) in [7, 11) is 3.79. The number of imidazole rings is 1. The molecule has 3 aliphatic rings. The largest absolute Gasteiger partial charge is 0.494 e. The van der Waals surface area contributed by atoms with Crippen LogP contribution in [0.3, 0.4) is 0 Å². The molecule has 186 valence electrons. The van der Waals surface area contributed by atoms with Crippen molar-refractivity contribution in [1.82, 2.24) is 19.4 Å². The van der Waals surface area contributed by atoms with Gasteiger partial charge in [-0.1, -0.05) is 30.3 Å². The molecule has 1 fully saturated rings. The van der Waals surface area contributed by atoms with Crippen molar-refractivity contribution in [2.75, 3.05) is 38.2 Å². The molecular weight excluding hydrogens is 454 g/mol. The first kappa shape index (κ1) is 22.8. The van der Waals surface area contributed by atoms with Gasteiger partial charge in [-0.2, -0.15) is 0 Å². The molecule has 1 spiro atoms. The lowest BCUT2D eigenvalue weighted by atomic mass is 9.72. The van der Waals surface area contributed by atoms with E-state index in [9.17, 15) is 9.59 Å². The molecule has 36 heavy (non-hydrogen) atoms. The quantitative estimate of drug-likeness (QED) is 0.558. The minimum Gasteiger partial charge on any atom is -0.494 e. The standard InChI is InChI=1S/C28H31N5O3/c1-30-12-6-14-36-22-8-5-7-20(15-22)26-28(11-13-32(26)17-21-16-29-19-31(21)2)23-9-3-4-10-24(23)33(27(28)35)18-25(30)34/h3-5,7-10,15-16,19,26H,6,11-14,17-18H2,1-2H3/t26-,28+/m0/s1. The first-order valence-corrected chi connectivity index (χ1v) is 12.6. The van der Waals surface area contributed by atoms with Crippen LogP contribution >= 0.6 is 0 Å². The highest BCUT2D eigenvalue weighted by Gasteiger charge is 2.60. The zero-order valence-corrected chi connectivity index (χ0v) is 20.8. The number of benzene rings is 2. The summed E-state index contributed by atoms with van der Waals surface area (Å²) in [4.78, 5) is 37.8. The number of aromatic nitrogens is 2. The van der Waals surface area contributed by atoms with Crippen molar-refractivity contribution in [2.45, 2.75) is 30.8 Å². The summed E-state index contributed by atoms with van der Waals surface area (Å²) in [5.41, 5.74) is 3.21. The van der Waals surface area contributed by atoms with E-state index >= 15 is 0 Å². The Hall–Kier alpha value is -3.65. The van der Waals surface area contributed by atoms with Crippen LogP contribution < -0.4 is 9.64 Å². The number of amides is 2. The number of aryl methyl sites for hydroxylation is 1. The maximum absolute atomic E-state index is 14.5. The highest BCUT2D eigenvalue weighted by molar-refractivity contribution is 6.11. The number of likely N-dealkylation sites (N-methyl/N-ethyl adjacent to an activating group) is 1. The number of fused-ring (bicyclic) bond motifs is 6. The van der Waals surface area contributed by atoms with Gasteiger partial charge in [0.25, 0.3) is 0 Å². The predicted molar refractivity (Wildman–Crippen MR) is 136 cm³/mol. The Kier molecular flexibility index (Phi) is 5.56. The van der Waals surface area contributed by atoms with Crippen molar-refractivity contribution >= 4 is 17.5 Å². The van der Waals surface area contributed by atoms with Crippen LogP contribution in [0.5, 0.6) is 5.75 Å². The highest BCUT2D eigenvalue weighted by Crippen LogP contribution is 2.57. The van der Waals surface area contributed by atoms with Gasteiger partial charge in [-0.3, -0.25) is 14.5 Å². The molecule has 0 unspecified atom stereocenters. The van der Waals surface area contributed by atoms with Crippen molar-refractivity contribution in [3.05, 3.63) is 77.9 Å². The van der Waals surface area contributed by atoms with E-state index in [0.717, 1.165) is 41.2 Å². The predicted octanol–water partition coefficient (Wildman–Crippen LogP) is 2.89. The molecule has 8 nitrogen and oxygen atoms in total. The first-order valence-electron chi connectivity index (χ1n) is 12.6. The topological polar surface area (TPSA) is 70.9 Å². The van der Waals surface area contributed by atoms with E-state index in [-0.39, 0.29) is 24.4 Å². The Morgan fingerprint density at radius 3 is 2.78 bits per heavy atom. The van der Waals surface area contributed by atoms with E-state index in [2.05, 4.69) is 28.1 Å². The summed E-state index contributed by atoms with van der Waals surface area (Å²) in [6.45, 7) is 2.57. The van der Waals surface area contributed by atoms with E-state index < -0.39 is 5.41 Å². The van der Waals surface area contributed by atoms with Crippen LogP contribution in [0.1, 0.15) is 35.7 Å². The molecule has 2 amide bonds. The fourth-order valence-corrected chi connectivity index (χ4v) is 6.17. The molecule has 8 heteroatoms. The SMILES string of the molecule is CN1CCCOc2cccc(c2)[C@@H]2N(Cc3cncn3C)CC[C@]23C(=O)N(CC1=O)c1ccccc13. The smallest absolute Gasteiger partial charge is 0.242 e. The molecule has 1 saturated heterocycles. The second-order valence-corrected chi connectivity index (χ2v) is 10.1. The maximum atomic E-state index is 14.5. The van der Waals surface area contributed by atoms with E-state index in [0.29, 0.717) is 26.1 Å². The van der Waals surface area contributed by atoms with Crippen LogP contribution in [0, 0.1) is 0 Å². The Morgan fingerprint density at radius 2 is 1.94 bits per heavy atom. The van der Waals surface area contributed by atoms with Gasteiger partial charge < -0.3 is 19.1 Å². The summed E-state index contributed by atoms with van der Waals surface area (Å²) in [5.74, 6) is 0.732. The fourth-order valence-electron chi connectivity index (χ4n) is 6.17. The van der Waals surface area contributed by atoms with Gasteiger partial charge in [-0.25, -0.2) is 4.98 Å². The number of para-hydroxylation sites is 1. The van der Waals surface area contributed by atoms with Gasteiger partial charge in [0, 0.05) is 45.6 Å². The van der Waals surface area contributed by atoms with Gasteiger partial charge in [0.05, 0.1) is 30.1 Å².